The largest absolute Gasteiger partial charge is 0.463 e. The van der Waals surface area contributed by atoms with Crippen molar-refractivity contribution in [2.45, 2.75) is 212 Å². The van der Waals surface area contributed by atoms with Gasteiger partial charge in [-0.2, -0.15) is 0 Å². The number of hydrogen-bond acceptors (Lipinski definition) is 20. The first-order valence-corrected chi connectivity index (χ1v) is 27.3. The van der Waals surface area contributed by atoms with Gasteiger partial charge in [0.2, 0.25) is 0 Å². The second kappa shape index (κ2) is 31.1. The van der Waals surface area contributed by atoms with Crippen LogP contribution in [0.3, 0.4) is 0 Å². The van der Waals surface area contributed by atoms with Gasteiger partial charge in [0.15, 0.2) is 24.3 Å². The van der Waals surface area contributed by atoms with E-state index in [9.17, 15) is 29.1 Å². The second-order valence-electron chi connectivity index (χ2n) is 21.4. The number of unbranched alkanes of at least 4 members (excludes halogenated alkanes) is 1. The number of carbonyl (C=O) groups is 5. The van der Waals surface area contributed by atoms with E-state index >= 15 is 0 Å². The zero-order valence-corrected chi connectivity index (χ0v) is 48.1. The molecule has 3 aliphatic rings. The molecular weight excluding hydrogens is 987 g/mol. The maximum absolute atomic E-state index is 14.2. The van der Waals surface area contributed by atoms with Crippen LogP contribution < -0.4 is 0 Å². The lowest BCUT2D eigenvalue weighted by Crippen LogP contribution is -2.67. The van der Waals surface area contributed by atoms with Crippen molar-refractivity contribution in [3.63, 3.8) is 0 Å². The molecule has 20 heteroatoms. The minimum Gasteiger partial charge on any atom is -0.463 e. The third kappa shape index (κ3) is 18.6. The summed E-state index contributed by atoms with van der Waals surface area (Å²) in [7, 11) is 10.1. The average molecular weight is 1080 g/mol. The van der Waals surface area contributed by atoms with Crippen LogP contribution in [0.25, 0.3) is 0 Å². The number of rotatable bonds is 20. The normalized spacial score (nSPS) is 33.8. The van der Waals surface area contributed by atoms with Gasteiger partial charge < -0.3 is 62.1 Å². The lowest BCUT2D eigenvalue weighted by Gasteiger charge is -2.53. The lowest BCUT2D eigenvalue weighted by molar-refractivity contribution is -0.320. The van der Waals surface area contributed by atoms with Gasteiger partial charge in [-0.15, -0.1) is 0 Å². The molecule has 4 rings (SSSR count). The second-order valence-corrected chi connectivity index (χ2v) is 21.4. The van der Waals surface area contributed by atoms with Crippen molar-refractivity contribution < 1.29 is 81.2 Å². The highest BCUT2D eigenvalue weighted by molar-refractivity contribution is 5.73. The number of methoxy groups -OCH3 is 3. The Labute approximate surface area is 452 Å². The number of likely N-dealkylation sites (N-methyl/N-ethyl adjacent to an activating group) is 1. The van der Waals surface area contributed by atoms with E-state index < -0.39 is 127 Å². The fourth-order valence-corrected chi connectivity index (χ4v) is 11.4. The molecule has 3 aliphatic heterocycles. The number of benzene rings is 1. The molecule has 0 aliphatic carbocycles. The maximum Gasteiger partial charge on any atom is 0.309 e. The number of esters is 5. The van der Waals surface area contributed by atoms with Gasteiger partial charge in [-0.1, -0.05) is 51.1 Å². The SMILES string of the molecule is CCC(=O)O[C@@H]1CC(=O)O[C@H](C)CCN(C)N(CCCCc2ccccc2)C[C@H](OC(C)=O)[C@H](C)C[C@H](CC(OC)OC)[C@H]([C@@H]2O[C@H](C)[C@@H](O[C@@H]3C[C@@](C)(OC(C)=O)[C@@H](OC(=O)CC)[C@H](C)O3)[C@H](N(C)C)[C@H]2O)[C@@H]1OC. The van der Waals surface area contributed by atoms with Crippen molar-refractivity contribution >= 4 is 29.8 Å². The number of cyclic esters (lactones) is 1. The number of carbonyl (C=O) groups excluding carboxylic acids is 5. The Kier molecular flexibility index (Phi) is 26.5. The molecule has 0 aromatic heterocycles. The van der Waals surface area contributed by atoms with Gasteiger partial charge in [-0.05, 0) is 91.3 Å². The number of aryl methyl sites for hydroxylation is 1. The van der Waals surface area contributed by atoms with Crippen LogP contribution >= 0.6 is 0 Å². The summed E-state index contributed by atoms with van der Waals surface area (Å²) in [5, 5.41) is 17.4. The van der Waals surface area contributed by atoms with Crippen molar-refractivity contribution in [2.75, 3.05) is 62.1 Å². The predicted molar refractivity (Wildman–Crippen MR) is 280 cm³/mol. The number of hydrazine groups is 1. The highest BCUT2D eigenvalue weighted by atomic mass is 16.7. The molecule has 0 spiro atoms. The molecule has 76 heavy (non-hydrogen) atoms. The Balaban J connectivity index is 1.86. The highest BCUT2D eigenvalue weighted by Gasteiger charge is 2.56. The highest BCUT2D eigenvalue weighted by Crippen LogP contribution is 2.44. The fourth-order valence-electron chi connectivity index (χ4n) is 11.4. The fraction of sp³-hybridized carbons (Fsp3) is 0.804. The van der Waals surface area contributed by atoms with Crippen molar-refractivity contribution in [3.8, 4) is 0 Å². The topological polar surface area (TPSA) is 217 Å². The zero-order chi connectivity index (χ0) is 56.4. The Hall–Kier alpha value is -3.83. The van der Waals surface area contributed by atoms with Gasteiger partial charge in [-0.25, -0.2) is 10.0 Å². The van der Waals surface area contributed by atoms with Gasteiger partial charge >= 0.3 is 29.8 Å². The molecule has 0 radical (unpaired) electrons. The first-order valence-electron chi connectivity index (χ1n) is 27.3. The number of hydrogen-bond donors (Lipinski definition) is 1. The summed E-state index contributed by atoms with van der Waals surface area (Å²) in [4.78, 5) is 67.7. The first kappa shape index (κ1) is 64.7. The van der Waals surface area contributed by atoms with Crippen LogP contribution in [0.5, 0.6) is 0 Å². The number of aliphatic hydroxyl groups is 1. The Morgan fingerprint density at radius 1 is 0.868 bits per heavy atom. The molecule has 3 heterocycles. The molecule has 20 nitrogen and oxygen atoms in total. The Bertz CT molecular complexity index is 1940. The van der Waals surface area contributed by atoms with E-state index in [1.54, 1.807) is 27.7 Å². The summed E-state index contributed by atoms with van der Waals surface area (Å²) in [5.41, 5.74) is -0.0876. The first-order chi connectivity index (χ1) is 36.0. The van der Waals surface area contributed by atoms with Crippen molar-refractivity contribution in [3.05, 3.63) is 35.9 Å². The molecule has 0 amide bonds. The number of nitrogens with zero attached hydrogens (tertiary/aromatic N) is 3. The van der Waals surface area contributed by atoms with Crippen molar-refractivity contribution in [1.82, 2.24) is 14.9 Å². The molecule has 434 valence electrons. The zero-order valence-electron chi connectivity index (χ0n) is 48.1. The van der Waals surface area contributed by atoms with E-state index in [1.165, 1.54) is 40.7 Å². The van der Waals surface area contributed by atoms with Crippen LogP contribution in [0.2, 0.25) is 0 Å². The van der Waals surface area contributed by atoms with E-state index in [0.29, 0.717) is 32.5 Å². The summed E-state index contributed by atoms with van der Waals surface area (Å²) in [5.74, 6) is -4.51. The van der Waals surface area contributed by atoms with Gasteiger partial charge in [0.1, 0.15) is 30.5 Å². The summed E-state index contributed by atoms with van der Waals surface area (Å²) in [6, 6.07) is 9.52. The molecule has 1 N–H and O–H groups in total. The molecule has 1 aromatic carbocycles. The van der Waals surface area contributed by atoms with Crippen LogP contribution in [0.4, 0.5) is 0 Å². The van der Waals surface area contributed by atoms with E-state index in [0.717, 1.165) is 19.3 Å². The average Bonchev–Trinajstić information content (AvgIpc) is 3.35. The molecule has 1 aromatic rings. The Morgan fingerprint density at radius 3 is 2.12 bits per heavy atom. The molecule has 3 fully saturated rings. The summed E-state index contributed by atoms with van der Waals surface area (Å²) >= 11 is 0. The van der Waals surface area contributed by atoms with Crippen LogP contribution in [0.15, 0.2) is 30.3 Å². The molecule has 3 saturated heterocycles. The van der Waals surface area contributed by atoms with Crippen molar-refractivity contribution in [1.29, 1.82) is 0 Å². The number of ether oxygens (including phenoxy) is 11. The van der Waals surface area contributed by atoms with Gasteiger partial charge in [0.05, 0.1) is 43.4 Å². The third-order valence-corrected chi connectivity index (χ3v) is 15.2. The van der Waals surface area contributed by atoms with Crippen LogP contribution in [0, 0.1) is 17.8 Å². The van der Waals surface area contributed by atoms with Gasteiger partial charge in [0.25, 0.3) is 0 Å². The molecule has 0 bridgehead atoms. The van der Waals surface area contributed by atoms with E-state index in [2.05, 4.69) is 22.2 Å². The quantitative estimate of drug-likeness (QED) is 0.0721. The van der Waals surface area contributed by atoms with Gasteiger partial charge in [-0.3, -0.25) is 24.0 Å². The molecule has 0 saturated carbocycles. The molecular formula is C56H93N3O17. The third-order valence-electron chi connectivity index (χ3n) is 15.2. The lowest BCUT2D eigenvalue weighted by atomic mass is 9.70. The number of aliphatic hydroxyl groups excluding tert-OH is 1. The molecule has 16 atom stereocenters. The predicted octanol–water partition coefficient (Wildman–Crippen LogP) is 5.66. The standard InChI is InChI=1S/C56H93N3O17/c1-16-44(62)73-42-31-46(64)69-35(4)26-28-58(12)59(27-22-21-25-40-23-19-18-20-24-40)33-43(72-38(7)60)34(3)29-41(30-47(66-13)67-14)49(53(42)68-15)54-51(65)50(57(10)11)52(36(5)71-54)75-48-32-56(9,76-39(8)61)55(37(6)70-48)74-45(63)17-2/h18-20,23-24,34-37,41-43,47-55,65H,16-17,21-22,25-33H2,1-15H3/t34-,35-,36-,37+,41-,42-,43+,48-,49+,50-,51-,52-,53-,54+,55+,56-/m1/s1. The minimum absolute atomic E-state index is 0.000454. The monoisotopic (exact) mass is 1080 g/mol. The van der Waals surface area contributed by atoms with E-state index in [-0.39, 0.29) is 38.0 Å². The summed E-state index contributed by atoms with van der Waals surface area (Å²) in [6.07, 6.45) is -7.76. The smallest absolute Gasteiger partial charge is 0.309 e. The minimum atomic E-state index is -1.36. The van der Waals surface area contributed by atoms with Crippen LogP contribution in [-0.2, 0) is 82.5 Å². The van der Waals surface area contributed by atoms with Gasteiger partial charge in [0, 0.05) is 86.9 Å². The summed E-state index contributed by atoms with van der Waals surface area (Å²) < 4.78 is 68.6. The molecule has 0 unspecified atom stereocenters. The van der Waals surface area contributed by atoms with E-state index in [1.807, 2.05) is 65.0 Å². The van der Waals surface area contributed by atoms with Crippen LogP contribution in [0.1, 0.15) is 126 Å². The van der Waals surface area contributed by atoms with E-state index in [4.69, 9.17) is 52.1 Å². The summed E-state index contributed by atoms with van der Waals surface area (Å²) in [6.45, 7) is 16.6. The maximum atomic E-state index is 14.2. The van der Waals surface area contributed by atoms with Crippen molar-refractivity contribution in [2.24, 2.45) is 17.8 Å². The Morgan fingerprint density at radius 2 is 1.53 bits per heavy atom. The van der Waals surface area contributed by atoms with Crippen LogP contribution in [-0.4, -0.2) is 197 Å².